The molecule has 2 amide bonds. The fraction of sp³-hybridized carbons (Fsp3) is 0.533. The zero-order valence-corrected chi connectivity index (χ0v) is 46.8. The maximum Gasteiger partial charge on any atom is 0.416 e. The molecule has 0 bridgehead atoms. The van der Waals surface area contributed by atoms with Gasteiger partial charge in [0.15, 0.2) is 5.78 Å². The predicted molar refractivity (Wildman–Crippen MR) is 298 cm³/mol. The summed E-state index contributed by atoms with van der Waals surface area (Å²) in [6, 6.07) is 20.3. The lowest BCUT2D eigenvalue weighted by Gasteiger charge is -2.35. The number of benzene rings is 3. The topological polar surface area (TPSA) is 159 Å². The molecule has 1 aliphatic heterocycles. The molecule has 3 aromatic carbocycles. The first-order valence-corrected chi connectivity index (χ1v) is 27.0. The van der Waals surface area contributed by atoms with E-state index in [-0.39, 0.29) is 43.6 Å². The first-order valence-electron chi connectivity index (χ1n) is 25.7. The molecule has 3 atom stereocenters. The third-order valence-corrected chi connectivity index (χ3v) is 15.4. The lowest BCUT2D eigenvalue weighted by Crippen LogP contribution is -2.51. The Morgan fingerprint density at radius 3 is 1.70 bits per heavy atom. The molecule has 12 nitrogen and oxygen atoms in total. The number of Topliss-reactive ketones (excluding diaryl/α,β-unsaturated/α-hetero) is 2. The maximum absolute atomic E-state index is 13.7. The number of carbonyl (C=O) groups excluding carboxylic acids is 5. The molecule has 0 aromatic heterocycles. The van der Waals surface area contributed by atoms with Gasteiger partial charge < -0.3 is 29.6 Å². The number of amides is 2. The Kier molecular flexibility index (Phi) is 23.3. The van der Waals surface area contributed by atoms with E-state index in [0.717, 1.165) is 59.1 Å². The summed E-state index contributed by atoms with van der Waals surface area (Å²) in [4.78, 5) is 65.0. The summed E-state index contributed by atoms with van der Waals surface area (Å²) in [7, 11) is -1.13. The highest BCUT2D eigenvalue weighted by molar-refractivity contribution is 7.80. The van der Waals surface area contributed by atoms with Crippen molar-refractivity contribution in [1.82, 2.24) is 10.6 Å². The van der Waals surface area contributed by atoms with Crippen LogP contribution < -0.4 is 26.5 Å². The van der Waals surface area contributed by atoms with Gasteiger partial charge in [0.2, 0.25) is 5.90 Å². The lowest BCUT2D eigenvalue weighted by atomic mass is 9.71. The Labute approximate surface area is 451 Å². The Morgan fingerprint density at radius 1 is 0.737 bits per heavy atom. The molecule has 6 rings (SSSR count). The van der Waals surface area contributed by atoms with Crippen molar-refractivity contribution in [3.05, 3.63) is 114 Å². The zero-order valence-electron chi connectivity index (χ0n) is 45.9. The minimum absolute atomic E-state index is 0. The second-order valence-electron chi connectivity index (χ2n) is 22.6. The summed E-state index contributed by atoms with van der Waals surface area (Å²) in [6.07, 6.45) is 3.82. The van der Waals surface area contributed by atoms with E-state index >= 15 is 0 Å². The second-order valence-corrected chi connectivity index (χ2v) is 24.8. The SMILES string of the molecule is C.C=CCOC(=O)C1(CNC(=O)OC(C)(C)C)CCCCC1=O.C=CC[C@]1(CNC(=O)OC(C)(C)C)CCCCC1=O.Cc1ccc(P(c2ccc(C)cc2)c2ccc(C(F)(F)F)cc2C2=N[C@@H](C(C)(C)C)CO2)cc1. The molecule has 2 N–H and O–H groups in total. The predicted octanol–water partition coefficient (Wildman–Crippen LogP) is 12.5. The largest absolute Gasteiger partial charge is 0.475 e. The number of carbonyl (C=O) groups is 5. The van der Waals surface area contributed by atoms with Gasteiger partial charge in [-0.05, 0) is 129 Å². The molecule has 16 heteroatoms. The van der Waals surface area contributed by atoms with Crippen molar-refractivity contribution < 1.29 is 56.1 Å². The van der Waals surface area contributed by atoms with Crippen LogP contribution in [0.2, 0.25) is 0 Å². The van der Waals surface area contributed by atoms with E-state index in [2.05, 4.69) is 68.8 Å². The second kappa shape index (κ2) is 27.5. The van der Waals surface area contributed by atoms with Gasteiger partial charge >= 0.3 is 24.3 Å². The van der Waals surface area contributed by atoms with Gasteiger partial charge in [-0.15, -0.1) is 6.58 Å². The van der Waals surface area contributed by atoms with Gasteiger partial charge in [0.25, 0.3) is 0 Å². The molecule has 2 aliphatic carbocycles. The Bertz CT molecular complexity index is 2460. The highest BCUT2D eigenvalue weighted by Crippen LogP contribution is 2.40. The van der Waals surface area contributed by atoms with E-state index < -0.39 is 59.8 Å². The molecule has 418 valence electrons. The van der Waals surface area contributed by atoms with Crippen molar-refractivity contribution in [3.8, 4) is 0 Å². The minimum atomic E-state index is -4.45. The number of ether oxygens (including phenoxy) is 4. The van der Waals surface area contributed by atoms with Gasteiger partial charge in [-0.3, -0.25) is 14.4 Å². The highest BCUT2D eigenvalue weighted by Gasteiger charge is 2.48. The maximum atomic E-state index is 13.7. The van der Waals surface area contributed by atoms with Crippen molar-refractivity contribution in [1.29, 1.82) is 0 Å². The number of hydrogen-bond acceptors (Lipinski definition) is 10. The number of nitrogens with one attached hydrogen (secondary N) is 2. The molecule has 3 aliphatic rings. The van der Waals surface area contributed by atoms with E-state index in [9.17, 15) is 37.1 Å². The van der Waals surface area contributed by atoms with Crippen molar-refractivity contribution in [3.63, 3.8) is 0 Å². The van der Waals surface area contributed by atoms with Crippen LogP contribution >= 0.6 is 7.92 Å². The molecule has 76 heavy (non-hydrogen) atoms. The first-order chi connectivity index (χ1) is 34.9. The van der Waals surface area contributed by atoms with Crippen molar-refractivity contribution in [2.45, 2.75) is 165 Å². The van der Waals surface area contributed by atoms with Crippen LogP contribution in [-0.4, -0.2) is 79.2 Å². The summed E-state index contributed by atoms with van der Waals surface area (Å²) < 4.78 is 62.5. The number of alkyl halides is 3. The van der Waals surface area contributed by atoms with Crippen LogP contribution in [0, 0.1) is 30.1 Å². The molecule has 0 saturated heterocycles. The van der Waals surface area contributed by atoms with E-state index in [1.165, 1.54) is 18.2 Å². The molecule has 1 unspecified atom stereocenters. The highest BCUT2D eigenvalue weighted by atomic mass is 31.1. The normalized spacial score (nSPS) is 19.7. The quantitative estimate of drug-likeness (QED) is 0.0559. The van der Waals surface area contributed by atoms with Crippen LogP contribution in [0.4, 0.5) is 22.8 Å². The van der Waals surface area contributed by atoms with Crippen molar-refractivity contribution >= 4 is 59.5 Å². The number of ketones is 2. The number of halogens is 3. The minimum Gasteiger partial charge on any atom is -0.475 e. The fourth-order valence-electron chi connectivity index (χ4n) is 8.69. The van der Waals surface area contributed by atoms with Gasteiger partial charge in [-0.2, -0.15) is 13.2 Å². The van der Waals surface area contributed by atoms with E-state index in [1.807, 2.05) is 58.9 Å². The molecule has 0 spiro atoms. The van der Waals surface area contributed by atoms with Gasteiger partial charge in [0.1, 0.15) is 35.6 Å². The molecule has 2 fully saturated rings. The van der Waals surface area contributed by atoms with Crippen LogP contribution in [-0.2, 0) is 39.5 Å². The van der Waals surface area contributed by atoms with Crippen LogP contribution in [0.15, 0.2) is 97.0 Å². The van der Waals surface area contributed by atoms with E-state index in [1.54, 1.807) is 32.9 Å². The first kappa shape index (κ1) is 64.5. The molecule has 3 aromatic rings. The fourth-order valence-corrected chi connectivity index (χ4v) is 11.1. The lowest BCUT2D eigenvalue weighted by molar-refractivity contribution is -0.161. The number of alkyl carbamates (subject to hydrolysis) is 2. The monoisotopic (exact) mass is 1080 g/mol. The summed E-state index contributed by atoms with van der Waals surface area (Å²) in [5.74, 6) is -0.264. The van der Waals surface area contributed by atoms with Gasteiger partial charge in [0.05, 0.1) is 11.6 Å². The number of allylic oxidation sites excluding steroid dienone is 1. The average Bonchev–Trinajstić information content (AvgIpc) is 3.83. The van der Waals surface area contributed by atoms with Gasteiger partial charge in [-0.25, -0.2) is 14.6 Å². The standard InChI is InChI=1S/C28H29F3NOP.C16H25NO5.C15H25NO3.CH4/c1-18-6-11-21(12-7-18)34(22-13-8-19(2)9-14-22)24-15-10-20(28(29,30)31)16-23(24)26-32-25(17-33-26)27(3,4)5;1-5-10-21-13(19)16(9-7-6-8-12(16)18)11-17-14(20)22-15(2,3)4;1-5-9-15(10-7-6-8-12(15)17)11-16-13(18)19-14(2,3)4;/h6-16,25H,17H2,1-5H3;5H,1,6-11H2,2-4H3,(H,17,20);5H,1,6-11H2,2-4H3,(H,16,18);1H4/t25-;;15-;/m1.1./s1. The molecular formula is C60H83F3N3O9P. The molecule has 0 radical (unpaired) electrons. The third kappa shape index (κ3) is 18.7. The van der Waals surface area contributed by atoms with E-state index in [4.69, 9.17) is 23.9 Å². The third-order valence-electron chi connectivity index (χ3n) is 12.9. The van der Waals surface area contributed by atoms with E-state index in [0.29, 0.717) is 50.3 Å². The van der Waals surface area contributed by atoms with Crippen molar-refractivity contribution in [2.75, 3.05) is 26.3 Å². The molecule has 2 saturated carbocycles. The summed E-state index contributed by atoms with van der Waals surface area (Å²) in [5, 5.41) is 8.21. The van der Waals surface area contributed by atoms with Crippen LogP contribution in [0.3, 0.4) is 0 Å². The molecular weight excluding hydrogens is 995 g/mol. The Morgan fingerprint density at radius 2 is 1.25 bits per heavy atom. The Balaban J connectivity index is 0.000000316. The number of esters is 1. The Hall–Kier alpha value is -5.82. The van der Waals surface area contributed by atoms with Crippen LogP contribution in [0.1, 0.15) is 150 Å². The van der Waals surface area contributed by atoms with Crippen LogP contribution in [0.5, 0.6) is 0 Å². The number of rotatable bonds is 13. The van der Waals surface area contributed by atoms with Crippen molar-refractivity contribution in [2.24, 2.45) is 21.2 Å². The zero-order chi connectivity index (χ0) is 56.0. The smallest absolute Gasteiger partial charge is 0.416 e. The number of hydrogen-bond donors (Lipinski definition) is 2. The summed E-state index contributed by atoms with van der Waals surface area (Å²) in [6.45, 7) is 28.8. The molecule has 1 heterocycles. The van der Waals surface area contributed by atoms with Gasteiger partial charge in [-0.1, -0.05) is 125 Å². The van der Waals surface area contributed by atoms with Gasteiger partial charge in [0, 0.05) is 36.9 Å². The van der Waals surface area contributed by atoms with Crippen LogP contribution in [0.25, 0.3) is 0 Å². The number of nitrogens with zero attached hydrogens (tertiary/aromatic N) is 1. The number of aliphatic imine (C=N–C) groups is 1. The number of aryl methyl sites for hydroxylation is 2. The average molecular weight is 1080 g/mol. The summed E-state index contributed by atoms with van der Waals surface area (Å²) >= 11 is 0. The summed E-state index contributed by atoms with van der Waals surface area (Å²) in [5.41, 5.74) is -1.10.